The zero-order valence-corrected chi connectivity index (χ0v) is 26.4. The van der Waals surface area contributed by atoms with Crippen molar-refractivity contribution in [1.29, 1.82) is 0 Å². The van der Waals surface area contributed by atoms with E-state index in [9.17, 15) is 0 Å². The second-order valence-electron chi connectivity index (χ2n) is 9.82. The van der Waals surface area contributed by atoms with Crippen LogP contribution in [0.15, 0.2) is 75.3 Å². The van der Waals surface area contributed by atoms with E-state index in [1.54, 1.807) is 5.20 Å². The van der Waals surface area contributed by atoms with Gasteiger partial charge in [-0.25, -0.2) is 0 Å². The maximum atomic E-state index is 2.47. The maximum Gasteiger partial charge on any atom is -1.00 e. The minimum atomic E-state index is -2.46. The van der Waals surface area contributed by atoms with Gasteiger partial charge in [-0.1, -0.05) is 0 Å². The van der Waals surface area contributed by atoms with E-state index < -0.39 is 8.07 Å². The van der Waals surface area contributed by atoms with E-state index in [4.69, 9.17) is 0 Å². The van der Waals surface area contributed by atoms with Crippen LogP contribution in [0, 0.1) is 41.5 Å². The molecular weight excluding hydrogens is 543 g/mol. The molecule has 0 saturated carbocycles. The van der Waals surface area contributed by atoms with Crippen molar-refractivity contribution in [2.24, 2.45) is 0 Å². The van der Waals surface area contributed by atoms with E-state index in [-0.39, 0.29) is 37.2 Å². The van der Waals surface area contributed by atoms with Crippen molar-refractivity contribution in [2.45, 2.75) is 54.9 Å². The second-order valence-corrected chi connectivity index (χ2v) is 14.4. The fraction of sp³-hybridized carbons (Fsp3) is 0.267. The van der Waals surface area contributed by atoms with Crippen molar-refractivity contribution in [3.63, 3.8) is 0 Å². The summed E-state index contributed by atoms with van der Waals surface area (Å²) in [7, 11) is -2.46. The average Bonchev–Trinajstić information content (AvgIpc) is 3.00. The zero-order chi connectivity index (χ0) is 23.2. The van der Waals surface area contributed by atoms with Crippen LogP contribution in [0.25, 0.3) is 0 Å². The van der Waals surface area contributed by atoms with Crippen molar-refractivity contribution in [2.75, 3.05) is 0 Å². The third-order valence-corrected chi connectivity index (χ3v) is 13.0. The van der Waals surface area contributed by atoms with Gasteiger partial charge < -0.3 is 37.2 Å². The number of aryl methyl sites for hydroxylation is 6. The summed E-state index contributed by atoms with van der Waals surface area (Å²) >= 11 is 2.35. The smallest absolute Gasteiger partial charge is 1.00 e. The molecule has 1 aliphatic rings. The molecule has 0 unspecified atom stereocenters. The van der Waals surface area contributed by atoms with Gasteiger partial charge >= 0.3 is 208 Å². The van der Waals surface area contributed by atoms with Crippen LogP contribution in [-0.2, 0) is 20.4 Å². The second kappa shape index (κ2) is 12.5. The van der Waals surface area contributed by atoms with Crippen LogP contribution in [0.4, 0.5) is 0 Å². The average molecular weight is 576 g/mol. The molecule has 0 aromatic heterocycles. The summed E-state index contributed by atoms with van der Waals surface area (Å²) in [5.41, 5.74) is 9.56. The van der Waals surface area contributed by atoms with Crippen LogP contribution in [0.2, 0.25) is 0 Å². The van der Waals surface area contributed by atoms with E-state index in [1.165, 1.54) is 58.4 Å². The van der Waals surface area contributed by atoms with Crippen LogP contribution in [-0.4, -0.2) is 8.07 Å². The van der Waals surface area contributed by atoms with Crippen LogP contribution >= 0.6 is 0 Å². The molecule has 0 aliphatic heterocycles. The van der Waals surface area contributed by atoms with Crippen molar-refractivity contribution in [3.05, 3.63) is 109 Å². The molecule has 182 valence electrons. The molecule has 0 atom stereocenters. The molecule has 0 N–H and O–H groups in total. The summed E-state index contributed by atoms with van der Waals surface area (Å²) in [6, 6.07) is 21.8. The van der Waals surface area contributed by atoms with Gasteiger partial charge in [0.15, 0.2) is 0 Å². The number of hydrogen-bond donors (Lipinski definition) is 0. The van der Waals surface area contributed by atoms with Crippen molar-refractivity contribution >= 4 is 23.6 Å². The molecule has 0 nitrogen and oxygen atoms in total. The number of allylic oxidation sites excluding steroid dienone is 4. The van der Waals surface area contributed by atoms with Gasteiger partial charge in [-0.2, -0.15) is 0 Å². The number of halogens is 3. The SMILES string of the molecule is CC1=CCC([Si](c2cc(C)cc(C)c2)(c2cc(C)cc(C)c2)c2cc(C)cc(C)c2)=[C]1[Ti+3].[Cl-].[Cl-].[Cl-]. The third kappa shape index (κ3) is 6.09. The van der Waals surface area contributed by atoms with E-state index in [2.05, 4.69) is 130 Å². The fourth-order valence-electron chi connectivity index (χ4n) is 5.63. The minimum absolute atomic E-state index is 0. The van der Waals surface area contributed by atoms with Crippen LogP contribution in [0.3, 0.4) is 0 Å². The quantitative estimate of drug-likeness (QED) is 0.226. The van der Waals surface area contributed by atoms with Gasteiger partial charge in [-0.15, -0.1) is 0 Å². The first-order valence-electron chi connectivity index (χ1n) is 11.5. The number of hydrogen-bond acceptors (Lipinski definition) is 0. The third-order valence-electron chi connectivity index (χ3n) is 6.73. The fourth-order valence-corrected chi connectivity index (χ4v) is 12.5. The van der Waals surface area contributed by atoms with Crippen LogP contribution in [0.5, 0.6) is 0 Å². The summed E-state index contributed by atoms with van der Waals surface area (Å²) in [4.78, 5) is 0. The van der Waals surface area contributed by atoms with Crippen molar-refractivity contribution in [1.82, 2.24) is 0 Å². The van der Waals surface area contributed by atoms with Gasteiger partial charge in [-0.05, 0) is 0 Å². The molecule has 0 amide bonds. The Hall–Kier alpha value is -1.06. The Kier molecular flexibility index (Phi) is 11.4. The molecular formula is C30H33Cl3SiTi. The Bertz CT molecular complexity index is 1100. The predicted molar refractivity (Wildman–Crippen MR) is 138 cm³/mol. The first-order valence-corrected chi connectivity index (χ1v) is 14.3. The number of rotatable bonds is 4. The molecule has 4 rings (SSSR count). The Labute approximate surface area is 243 Å². The predicted octanol–water partition coefficient (Wildman–Crippen LogP) is -3.29. The molecule has 0 fully saturated rings. The van der Waals surface area contributed by atoms with E-state index >= 15 is 0 Å². The molecule has 0 bridgehead atoms. The Morgan fingerprint density at radius 2 is 0.800 bits per heavy atom. The molecule has 1 aliphatic carbocycles. The maximum absolute atomic E-state index is 2.47. The standard InChI is InChI=1S/C30H33Si.3ClH.Ti/c1-20-8-9-27(13-20)31(28-14-21(2)10-22(3)15-28,29-16-23(4)11-24(5)17-29)30-18-25(6)12-26(7)19-30;;;;/h8,10-12,14-19H,9H2,1-7H3;3*1H;/q;;;;+3/p-3. The molecule has 3 aromatic rings. The molecule has 3 aromatic carbocycles. The van der Waals surface area contributed by atoms with Gasteiger partial charge in [0.05, 0.1) is 0 Å². The normalized spacial score (nSPS) is 13.0. The summed E-state index contributed by atoms with van der Waals surface area (Å²) in [6.45, 7) is 15.8. The van der Waals surface area contributed by atoms with Crippen molar-refractivity contribution in [3.8, 4) is 0 Å². The van der Waals surface area contributed by atoms with Gasteiger partial charge in [0, 0.05) is 0 Å². The van der Waals surface area contributed by atoms with E-state index in [0.717, 1.165) is 6.42 Å². The summed E-state index contributed by atoms with van der Waals surface area (Å²) in [5, 5.41) is 6.20. The van der Waals surface area contributed by atoms with Gasteiger partial charge in [0.1, 0.15) is 0 Å². The Morgan fingerprint density at radius 3 is 1.03 bits per heavy atom. The van der Waals surface area contributed by atoms with Crippen LogP contribution < -0.4 is 52.8 Å². The van der Waals surface area contributed by atoms with E-state index in [0.29, 0.717) is 0 Å². The van der Waals surface area contributed by atoms with Gasteiger partial charge in [-0.3, -0.25) is 0 Å². The zero-order valence-electron chi connectivity index (χ0n) is 21.6. The topological polar surface area (TPSA) is 0 Å². The molecule has 0 spiro atoms. The first kappa shape index (κ1) is 32.0. The summed E-state index contributed by atoms with van der Waals surface area (Å²) in [5.74, 6) is 0. The van der Waals surface area contributed by atoms with Gasteiger partial charge in [0.2, 0.25) is 0 Å². The number of benzene rings is 3. The molecule has 0 heterocycles. The Balaban J connectivity index is 0.00000204. The van der Waals surface area contributed by atoms with Crippen molar-refractivity contribution < 1.29 is 57.7 Å². The van der Waals surface area contributed by atoms with Crippen LogP contribution in [0.1, 0.15) is 46.7 Å². The van der Waals surface area contributed by atoms with Gasteiger partial charge in [0.25, 0.3) is 0 Å². The first-order chi connectivity index (χ1) is 15.1. The monoisotopic (exact) mass is 574 g/mol. The minimum Gasteiger partial charge on any atom is -1.00 e. The summed E-state index contributed by atoms with van der Waals surface area (Å²) in [6.07, 6.45) is 3.50. The molecule has 0 radical (unpaired) electrons. The molecule has 0 saturated heterocycles. The molecule has 35 heavy (non-hydrogen) atoms. The Morgan fingerprint density at radius 1 is 0.514 bits per heavy atom. The molecule has 5 heteroatoms. The summed E-state index contributed by atoms with van der Waals surface area (Å²) < 4.78 is 1.49. The largest absolute Gasteiger partial charge is 1.00 e. The van der Waals surface area contributed by atoms with E-state index in [1.807, 2.05) is 0 Å².